The number of rotatable bonds is 3. The summed E-state index contributed by atoms with van der Waals surface area (Å²) in [6, 6.07) is 7.15. The van der Waals surface area contributed by atoms with Gasteiger partial charge in [0.25, 0.3) is 5.91 Å². The van der Waals surface area contributed by atoms with Gasteiger partial charge in [-0.3, -0.25) is 10.2 Å². The van der Waals surface area contributed by atoms with Gasteiger partial charge in [0, 0.05) is 18.7 Å². The van der Waals surface area contributed by atoms with E-state index < -0.39 is 0 Å². The minimum absolute atomic E-state index is 0.0467. The summed E-state index contributed by atoms with van der Waals surface area (Å²) >= 11 is 0. The van der Waals surface area contributed by atoms with Crippen LogP contribution < -0.4 is 10.2 Å². The second-order valence-corrected chi connectivity index (χ2v) is 4.22. The first kappa shape index (κ1) is 11.9. The highest BCUT2D eigenvalue weighted by molar-refractivity contribution is 5.93. The van der Waals surface area contributed by atoms with Crippen molar-refractivity contribution in [3.63, 3.8) is 0 Å². The summed E-state index contributed by atoms with van der Waals surface area (Å²) in [6.07, 6.45) is 3.57. The fourth-order valence-electron chi connectivity index (χ4n) is 1.96. The molecule has 1 fully saturated rings. The SMILES string of the molecule is COc1ccc(C(=O)NN2CCCCC2)cc1. The molecule has 0 atom stereocenters. The maximum absolute atomic E-state index is 11.9. The van der Waals surface area contributed by atoms with E-state index in [4.69, 9.17) is 4.74 Å². The lowest BCUT2D eigenvalue weighted by Crippen LogP contribution is -2.45. The number of benzene rings is 1. The lowest BCUT2D eigenvalue weighted by molar-refractivity contribution is 0.0750. The minimum atomic E-state index is -0.0467. The van der Waals surface area contributed by atoms with Crippen LogP contribution in [-0.2, 0) is 0 Å². The van der Waals surface area contributed by atoms with Gasteiger partial charge in [0.05, 0.1) is 7.11 Å². The monoisotopic (exact) mass is 234 g/mol. The minimum Gasteiger partial charge on any atom is -0.497 e. The second-order valence-electron chi connectivity index (χ2n) is 4.22. The Morgan fingerprint density at radius 3 is 2.41 bits per heavy atom. The van der Waals surface area contributed by atoms with Crippen LogP contribution >= 0.6 is 0 Å². The van der Waals surface area contributed by atoms with Crippen molar-refractivity contribution in [2.75, 3.05) is 20.2 Å². The van der Waals surface area contributed by atoms with Crippen molar-refractivity contribution in [1.82, 2.24) is 10.4 Å². The molecule has 1 N–H and O–H groups in total. The number of hydrazine groups is 1. The lowest BCUT2D eigenvalue weighted by Gasteiger charge is -2.26. The molecular formula is C13H18N2O2. The van der Waals surface area contributed by atoms with Gasteiger partial charge in [0.15, 0.2) is 0 Å². The Morgan fingerprint density at radius 2 is 1.82 bits per heavy atom. The first-order valence-corrected chi connectivity index (χ1v) is 5.99. The van der Waals surface area contributed by atoms with Gasteiger partial charge >= 0.3 is 0 Å². The van der Waals surface area contributed by atoms with Gasteiger partial charge < -0.3 is 4.74 Å². The molecule has 1 aromatic carbocycles. The van der Waals surface area contributed by atoms with Crippen molar-refractivity contribution in [1.29, 1.82) is 0 Å². The van der Waals surface area contributed by atoms with Crippen LogP contribution in [0, 0.1) is 0 Å². The van der Waals surface area contributed by atoms with Gasteiger partial charge in [-0.05, 0) is 37.1 Å². The van der Waals surface area contributed by atoms with Crippen molar-refractivity contribution in [3.05, 3.63) is 29.8 Å². The van der Waals surface area contributed by atoms with Gasteiger partial charge in [-0.25, -0.2) is 5.01 Å². The maximum Gasteiger partial charge on any atom is 0.265 e. The molecule has 4 heteroatoms. The fraction of sp³-hybridized carbons (Fsp3) is 0.462. The van der Waals surface area contributed by atoms with Crippen LogP contribution in [0.4, 0.5) is 0 Å². The van der Waals surface area contributed by atoms with E-state index in [0.717, 1.165) is 31.7 Å². The molecular weight excluding hydrogens is 216 g/mol. The molecule has 0 spiro atoms. The van der Waals surface area contributed by atoms with E-state index in [1.807, 2.05) is 5.01 Å². The average molecular weight is 234 g/mol. The molecule has 2 rings (SSSR count). The number of carbonyl (C=O) groups excluding carboxylic acids is 1. The Morgan fingerprint density at radius 1 is 1.18 bits per heavy atom. The average Bonchev–Trinajstić information content (AvgIpc) is 2.40. The molecule has 0 saturated carbocycles. The predicted octanol–water partition coefficient (Wildman–Crippen LogP) is 1.83. The summed E-state index contributed by atoms with van der Waals surface area (Å²) in [4.78, 5) is 11.9. The topological polar surface area (TPSA) is 41.6 Å². The first-order chi connectivity index (χ1) is 8.29. The van der Waals surface area contributed by atoms with E-state index in [1.165, 1.54) is 6.42 Å². The molecule has 1 aliphatic rings. The van der Waals surface area contributed by atoms with Crippen LogP contribution in [-0.4, -0.2) is 31.1 Å². The predicted molar refractivity (Wildman–Crippen MR) is 65.9 cm³/mol. The largest absolute Gasteiger partial charge is 0.497 e. The molecule has 1 saturated heterocycles. The zero-order chi connectivity index (χ0) is 12.1. The Bertz CT molecular complexity index is 370. The van der Waals surface area contributed by atoms with E-state index in [9.17, 15) is 4.79 Å². The maximum atomic E-state index is 11.9. The third kappa shape index (κ3) is 3.20. The van der Waals surface area contributed by atoms with Crippen LogP contribution in [0.25, 0.3) is 0 Å². The van der Waals surface area contributed by atoms with Gasteiger partial charge in [-0.15, -0.1) is 0 Å². The van der Waals surface area contributed by atoms with E-state index in [2.05, 4.69) is 5.43 Å². The van der Waals surface area contributed by atoms with Crippen molar-refractivity contribution in [2.24, 2.45) is 0 Å². The Hall–Kier alpha value is -1.55. The third-order valence-electron chi connectivity index (χ3n) is 2.97. The van der Waals surface area contributed by atoms with Gasteiger partial charge in [-0.2, -0.15) is 0 Å². The number of hydrogen-bond acceptors (Lipinski definition) is 3. The summed E-state index contributed by atoms with van der Waals surface area (Å²) in [7, 11) is 1.61. The van der Waals surface area contributed by atoms with E-state index >= 15 is 0 Å². The summed E-state index contributed by atoms with van der Waals surface area (Å²) in [5.74, 6) is 0.717. The number of nitrogens with zero attached hydrogens (tertiary/aromatic N) is 1. The number of hydrogen-bond donors (Lipinski definition) is 1. The summed E-state index contributed by atoms with van der Waals surface area (Å²) in [5.41, 5.74) is 3.59. The molecule has 1 amide bonds. The van der Waals surface area contributed by atoms with Crippen LogP contribution in [0.5, 0.6) is 5.75 Å². The van der Waals surface area contributed by atoms with E-state index in [0.29, 0.717) is 5.56 Å². The van der Waals surface area contributed by atoms with Crippen LogP contribution in [0.15, 0.2) is 24.3 Å². The highest BCUT2D eigenvalue weighted by Gasteiger charge is 2.13. The molecule has 0 aromatic heterocycles. The molecule has 0 radical (unpaired) electrons. The molecule has 92 valence electrons. The number of ether oxygens (including phenoxy) is 1. The zero-order valence-electron chi connectivity index (χ0n) is 10.1. The molecule has 1 aliphatic heterocycles. The molecule has 4 nitrogen and oxygen atoms in total. The number of nitrogens with one attached hydrogen (secondary N) is 1. The van der Waals surface area contributed by atoms with Crippen LogP contribution in [0.3, 0.4) is 0 Å². The third-order valence-corrected chi connectivity index (χ3v) is 2.97. The van der Waals surface area contributed by atoms with Crippen molar-refractivity contribution >= 4 is 5.91 Å². The van der Waals surface area contributed by atoms with Crippen molar-refractivity contribution in [3.8, 4) is 5.75 Å². The molecule has 0 unspecified atom stereocenters. The fourth-order valence-corrected chi connectivity index (χ4v) is 1.96. The number of methoxy groups -OCH3 is 1. The first-order valence-electron chi connectivity index (χ1n) is 5.99. The quantitative estimate of drug-likeness (QED) is 0.867. The molecule has 17 heavy (non-hydrogen) atoms. The second kappa shape index (κ2) is 5.68. The summed E-state index contributed by atoms with van der Waals surface area (Å²) in [6.45, 7) is 1.89. The van der Waals surface area contributed by atoms with Gasteiger partial charge in [0.2, 0.25) is 0 Å². The normalized spacial score (nSPS) is 16.5. The molecule has 0 bridgehead atoms. The van der Waals surface area contributed by atoms with Crippen molar-refractivity contribution in [2.45, 2.75) is 19.3 Å². The van der Waals surface area contributed by atoms with E-state index in [-0.39, 0.29) is 5.91 Å². The highest BCUT2D eigenvalue weighted by atomic mass is 16.5. The highest BCUT2D eigenvalue weighted by Crippen LogP contribution is 2.12. The smallest absolute Gasteiger partial charge is 0.265 e. The van der Waals surface area contributed by atoms with E-state index in [1.54, 1.807) is 31.4 Å². The summed E-state index contributed by atoms with van der Waals surface area (Å²) < 4.78 is 5.06. The Kier molecular flexibility index (Phi) is 3.98. The molecule has 1 aromatic rings. The van der Waals surface area contributed by atoms with Gasteiger partial charge in [0.1, 0.15) is 5.75 Å². The van der Waals surface area contributed by atoms with Crippen LogP contribution in [0.1, 0.15) is 29.6 Å². The Labute approximate surface area is 102 Å². The zero-order valence-corrected chi connectivity index (χ0v) is 10.1. The molecule has 1 heterocycles. The number of amides is 1. The number of piperidine rings is 1. The standard InChI is InChI=1S/C13H18N2O2/c1-17-12-7-5-11(6-8-12)13(16)14-15-9-3-2-4-10-15/h5-8H,2-4,9-10H2,1H3,(H,14,16). The molecule has 0 aliphatic carbocycles. The van der Waals surface area contributed by atoms with Crippen molar-refractivity contribution < 1.29 is 9.53 Å². The number of carbonyl (C=O) groups is 1. The van der Waals surface area contributed by atoms with Crippen LogP contribution in [0.2, 0.25) is 0 Å². The lowest BCUT2D eigenvalue weighted by atomic mass is 10.1. The Balaban J connectivity index is 1.93. The van der Waals surface area contributed by atoms with Gasteiger partial charge in [-0.1, -0.05) is 6.42 Å². The summed E-state index contributed by atoms with van der Waals surface area (Å²) in [5, 5.41) is 2.00.